The topological polar surface area (TPSA) is 60.5 Å². The second-order valence-electron chi connectivity index (χ2n) is 5.42. The Kier molecular flexibility index (Phi) is 6.72. The number of rotatable bonds is 10. The highest BCUT2D eigenvalue weighted by Gasteiger charge is 2.65. The third-order valence-corrected chi connectivity index (χ3v) is 4.73. The Labute approximate surface area is 141 Å². The van der Waals surface area contributed by atoms with E-state index < -0.39 is 5.66 Å². The van der Waals surface area contributed by atoms with Gasteiger partial charge in [0.25, 0.3) is 0 Å². The Morgan fingerprint density at radius 1 is 0.696 bits per heavy atom. The summed E-state index contributed by atoms with van der Waals surface area (Å²) in [6.45, 7) is 17.7. The van der Waals surface area contributed by atoms with Gasteiger partial charge < -0.3 is 9.80 Å². The molecule has 0 unspecified atom stereocenters. The Hall–Kier alpha value is -1.92. The molecule has 0 aromatic heterocycles. The van der Waals surface area contributed by atoms with E-state index in [1.54, 1.807) is 0 Å². The zero-order valence-corrected chi connectivity index (χ0v) is 15.4. The first kappa shape index (κ1) is 19.1. The van der Waals surface area contributed by atoms with Crippen LogP contribution in [-0.4, -0.2) is 64.5 Å². The van der Waals surface area contributed by atoms with E-state index in [1.165, 1.54) is 4.90 Å². The first-order chi connectivity index (χ1) is 11.1. The van der Waals surface area contributed by atoms with Gasteiger partial charge in [0.1, 0.15) is 0 Å². The summed E-state index contributed by atoms with van der Waals surface area (Å²) in [5.41, 5.74) is 1.52. The van der Waals surface area contributed by atoms with Crippen LogP contribution in [0.3, 0.4) is 0 Å². The summed E-state index contributed by atoms with van der Waals surface area (Å²) in [5, 5.41) is 19.2. The predicted molar refractivity (Wildman–Crippen MR) is 91.6 cm³/mol. The molecule has 0 aliphatic heterocycles. The van der Waals surface area contributed by atoms with Gasteiger partial charge in [0.05, 0.1) is 11.4 Å². The SMILES string of the molecule is CCN(CC)C1=C(N(CC)CC)C1(N(C#N)C#N)N(CC)CC. The lowest BCUT2D eigenvalue weighted by molar-refractivity contribution is 0.0834. The monoisotopic (exact) mass is 318 g/mol. The normalized spacial score (nSPS) is 15.2. The molecule has 1 rings (SSSR count). The molecule has 0 aromatic carbocycles. The lowest BCUT2D eigenvalue weighted by atomic mass is 10.2. The highest BCUT2D eigenvalue weighted by atomic mass is 15.5. The Bertz CT molecular complexity index is 464. The molecular weight excluding hydrogens is 288 g/mol. The van der Waals surface area contributed by atoms with Gasteiger partial charge in [-0.15, -0.1) is 0 Å². The lowest BCUT2D eigenvalue weighted by Gasteiger charge is -2.38. The molecule has 0 radical (unpaired) electrons. The van der Waals surface area contributed by atoms with Crippen molar-refractivity contribution in [2.75, 3.05) is 39.3 Å². The molecule has 6 heteroatoms. The van der Waals surface area contributed by atoms with Gasteiger partial charge in [0.2, 0.25) is 5.66 Å². The van der Waals surface area contributed by atoms with Crippen molar-refractivity contribution in [1.29, 1.82) is 10.5 Å². The Morgan fingerprint density at radius 2 is 1.04 bits per heavy atom. The molecule has 1 aliphatic rings. The van der Waals surface area contributed by atoms with E-state index in [0.717, 1.165) is 50.7 Å². The maximum absolute atomic E-state index is 9.59. The van der Waals surface area contributed by atoms with Crippen LogP contribution in [0.25, 0.3) is 0 Å². The van der Waals surface area contributed by atoms with Gasteiger partial charge in [-0.25, -0.2) is 0 Å². The zero-order chi connectivity index (χ0) is 17.6. The van der Waals surface area contributed by atoms with Crippen molar-refractivity contribution in [3.8, 4) is 12.4 Å². The van der Waals surface area contributed by atoms with Crippen LogP contribution in [0.2, 0.25) is 0 Å². The molecule has 0 aromatic rings. The molecule has 0 saturated carbocycles. The predicted octanol–water partition coefficient (Wildman–Crippen LogP) is 2.20. The minimum absolute atomic E-state index is 0.703. The van der Waals surface area contributed by atoms with Crippen molar-refractivity contribution in [2.24, 2.45) is 0 Å². The van der Waals surface area contributed by atoms with E-state index in [-0.39, 0.29) is 0 Å². The lowest BCUT2D eigenvalue weighted by Crippen LogP contribution is -2.54. The Morgan fingerprint density at radius 3 is 1.26 bits per heavy atom. The first-order valence-corrected chi connectivity index (χ1v) is 8.68. The van der Waals surface area contributed by atoms with E-state index in [9.17, 15) is 10.5 Å². The van der Waals surface area contributed by atoms with Crippen LogP contribution >= 0.6 is 0 Å². The molecule has 0 fully saturated rings. The maximum Gasteiger partial charge on any atom is 0.202 e. The number of hydrogen-bond donors (Lipinski definition) is 0. The zero-order valence-electron chi connectivity index (χ0n) is 15.4. The van der Waals surface area contributed by atoms with Gasteiger partial charge in [-0.05, 0) is 40.8 Å². The summed E-state index contributed by atoms with van der Waals surface area (Å²) >= 11 is 0. The van der Waals surface area contributed by atoms with E-state index in [4.69, 9.17) is 0 Å². The molecule has 1 aliphatic carbocycles. The minimum atomic E-state index is -0.703. The second kappa shape index (κ2) is 8.08. The van der Waals surface area contributed by atoms with Crippen molar-refractivity contribution in [1.82, 2.24) is 19.6 Å². The van der Waals surface area contributed by atoms with Crippen molar-refractivity contribution in [3.05, 3.63) is 11.4 Å². The van der Waals surface area contributed by atoms with Gasteiger partial charge in [-0.2, -0.15) is 15.4 Å². The molecule has 0 bridgehead atoms. The van der Waals surface area contributed by atoms with Gasteiger partial charge in [-0.3, -0.25) is 4.90 Å². The summed E-state index contributed by atoms with van der Waals surface area (Å²) in [4.78, 5) is 8.02. The van der Waals surface area contributed by atoms with Crippen LogP contribution in [0, 0.1) is 22.9 Å². The standard InChI is InChI=1S/C17H30N6/c1-7-20(8-2)15-16(21(9-3)10-4)17(15,22(11-5)12-6)23(13-18)14-19/h7-12H2,1-6H3. The van der Waals surface area contributed by atoms with Gasteiger partial charge in [0.15, 0.2) is 12.4 Å². The Balaban J connectivity index is 3.51. The molecule has 0 N–H and O–H groups in total. The summed E-state index contributed by atoms with van der Waals surface area (Å²) in [6.07, 6.45) is 4.21. The third-order valence-electron chi connectivity index (χ3n) is 4.73. The van der Waals surface area contributed by atoms with Gasteiger partial charge >= 0.3 is 0 Å². The van der Waals surface area contributed by atoms with Crippen molar-refractivity contribution < 1.29 is 0 Å². The van der Waals surface area contributed by atoms with Crippen LogP contribution in [0.5, 0.6) is 0 Å². The fourth-order valence-corrected chi connectivity index (χ4v) is 3.56. The second-order valence-corrected chi connectivity index (χ2v) is 5.42. The van der Waals surface area contributed by atoms with Crippen LogP contribution in [0.4, 0.5) is 0 Å². The van der Waals surface area contributed by atoms with E-state index in [2.05, 4.69) is 68.6 Å². The average Bonchev–Trinajstić information content (AvgIpc) is 3.22. The molecule has 0 amide bonds. The highest BCUT2D eigenvalue weighted by Crippen LogP contribution is 2.53. The summed E-state index contributed by atoms with van der Waals surface area (Å²) in [6, 6.07) is 0. The maximum atomic E-state index is 9.59. The number of likely N-dealkylation sites (N-methyl/N-ethyl adjacent to an activating group) is 3. The average molecular weight is 318 g/mol. The van der Waals surface area contributed by atoms with E-state index in [1.807, 2.05) is 0 Å². The molecular formula is C17H30N6. The van der Waals surface area contributed by atoms with Crippen molar-refractivity contribution in [2.45, 2.75) is 47.2 Å². The van der Waals surface area contributed by atoms with Crippen LogP contribution in [0.15, 0.2) is 11.4 Å². The van der Waals surface area contributed by atoms with Crippen molar-refractivity contribution >= 4 is 0 Å². The molecule has 0 saturated heterocycles. The van der Waals surface area contributed by atoms with Crippen LogP contribution in [-0.2, 0) is 0 Å². The van der Waals surface area contributed by atoms with Gasteiger partial charge in [0, 0.05) is 26.2 Å². The fourth-order valence-electron chi connectivity index (χ4n) is 3.56. The van der Waals surface area contributed by atoms with E-state index >= 15 is 0 Å². The van der Waals surface area contributed by atoms with Crippen LogP contribution < -0.4 is 0 Å². The van der Waals surface area contributed by atoms with E-state index in [0.29, 0.717) is 0 Å². The van der Waals surface area contributed by atoms with Crippen molar-refractivity contribution in [3.63, 3.8) is 0 Å². The minimum Gasteiger partial charge on any atom is -0.370 e. The fraction of sp³-hybridized carbons (Fsp3) is 0.765. The quantitative estimate of drug-likeness (QED) is 0.350. The molecule has 0 atom stereocenters. The smallest absolute Gasteiger partial charge is 0.202 e. The molecule has 128 valence electrons. The largest absolute Gasteiger partial charge is 0.370 e. The molecule has 23 heavy (non-hydrogen) atoms. The first-order valence-electron chi connectivity index (χ1n) is 8.68. The summed E-state index contributed by atoms with van der Waals surface area (Å²) < 4.78 is 0. The summed E-state index contributed by atoms with van der Waals surface area (Å²) in [7, 11) is 0. The van der Waals surface area contributed by atoms with Crippen LogP contribution in [0.1, 0.15) is 41.5 Å². The molecule has 0 heterocycles. The number of nitriles is 2. The number of nitrogens with zero attached hydrogens (tertiary/aromatic N) is 6. The third kappa shape index (κ3) is 2.84. The van der Waals surface area contributed by atoms with Gasteiger partial charge in [-0.1, -0.05) is 13.8 Å². The molecule has 6 nitrogen and oxygen atoms in total. The highest BCUT2D eigenvalue weighted by molar-refractivity contribution is 5.55. The number of hydrogen-bond acceptors (Lipinski definition) is 6. The molecule has 0 spiro atoms. The summed E-state index contributed by atoms with van der Waals surface area (Å²) in [5.74, 6) is 0.